The molecule has 32 heavy (non-hydrogen) atoms. The van der Waals surface area contributed by atoms with Crippen LogP contribution in [0.2, 0.25) is 5.02 Å². The summed E-state index contributed by atoms with van der Waals surface area (Å²) in [6.45, 7) is 1.03. The maximum atomic E-state index is 13.9. The SMILES string of the molecule is O=c1[nH]c2cc(Cl)c(-c3ccc(-c4ccccc4F)cc3)nc2[nH]1.OCC1CCCCO1. The molecule has 3 heterocycles. The van der Waals surface area contributed by atoms with E-state index in [1.807, 2.05) is 24.3 Å². The molecule has 1 fully saturated rings. The van der Waals surface area contributed by atoms with Crippen LogP contribution < -0.4 is 5.69 Å². The van der Waals surface area contributed by atoms with Crippen molar-refractivity contribution in [2.75, 3.05) is 13.2 Å². The van der Waals surface area contributed by atoms with Crippen molar-refractivity contribution in [3.63, 3.8) is 0 Å². The number of ether oxygens (including phenoxy) is 1. The normalized spacial score (nSPS) is 15.9. The highest BCUT2D eigenvalue weighted by molar-refractivity contribution is 6.33. The minimum absolute atomic E-state index is 0.142. The van der Waals surface area contributed by atoms with E-state index >= 15 is 0 Å². The van der Waals surface area contributed by atoms with Crippen molar-refractivity contribution in [2.24, 2.45) is 0 Å². The monoisotopic (exact) mass is 455 g/mol. The standard InChI is InChI=1S/C18H11ClFN3O.C6H12O2/c19-13-9-15-17(23-18(24)21-15)22-16(13)11-7-5-10(6-8-11)12-3-1-2-4-14(12)20;7-5-6-3-1-2-4-8-6/h1-9H,(H2,21,22,23,24);6-7H,1-5H2. The molecular weight excluding hydrogens is 433 g/mol. The summed E-state index contributed by atoms with van der Waals surface area (Å²) >= 11 is 6.27. The minimum atomic E-state index is -0.333. The van der Waals surface area contributed by atoms with E-state index in [0.29, 0.717) is 27.4 Å². The van der Waals surface area contributed by atoms with Crippen LogP contribution in [0.25, 0.3) is 33.5 Å². The van der Waals surface area contributed by atoms with Gasteiger partial charge in [-0.2, -0.15) is 0 Å². The Kier molecular flexibility index (Phi) is 6.99. The van der Waals surface area contributed by atoms with Gasteiger partial charge in [0.2, 0.25) is 0 Å². The van der Waals surface area contributed by atoms with E-state index in [-0.39, 0.29) is 24.2 Å². The molecule has 0 aliphatic carbocycles. The van der Waals surface area contributed by atoms with Crippen molar-refractivity contribution >= 4 is 22.8 Å². The minimum Gasteiger partial charge on any atom is -0.394 e. The third kappa shape index (κ3) is 5.07. The molecule has 4 aromatic rings. The molecule has 0 amide bonds. The summed E-state index contributed by atoms with van der Waals surface area (Å²) in [5.41, 5.74) is 3.30. The zero-order valence-electron chi connectivity index (χ0n) is 17.3. The maximum absolute atomic E-state index is 13.9. The average molecular weight is 456 g/mol. The second kappa shape index (κ2) is 10.1. The van der Waals surface area contributed by atoms with Crippen LogP contribution in [0, 0.1) is 5.82 Å². The van der Waals surface area contributed by atoms with Gasteiger partial charge in [0, 0.05) is 17.7 Å². The number of rotatable bonds is 3. The van der Waals surface area contributed by atoms with E-state index in [4.69, 9.17) is 21.4 Å². The number of aromatic amines is 2. The molecule has 0 saturated carbocycles. The van der Waals surface area contributed by atoms with Gasteiger partial charge in [0.15, 0.2) is 5.65 Å². The number of pyridine rings is 1. The van der Waals surface area contributed by atoms with Gasteiger partial charge in [-0.1, -0.05) is 54.1 Å². The number of nitrogens with zero attached hydrogens (tertiary/aromatic N) is 1. The Labute approximate surface area is 189 Å². The summed E-state index contributed by atoms with van der Waals surface area (Å²) in [6.07, 6.45) is 3.56. The Bertz CT molecular complexity index is 1250. The highest BCUT2D eigenvalue weighted by atomic mass is 35.5. The predicted octanol–water partition coefficient (Wildman–Crippen LogP) is 4.93. The summed E-state index contributed by atoms with van der Waals surface area (Å²) in [4.78, 5) is 21.0. The number of hydrogen-bond donors (Lipinski definition) is 3. The van der Waals surface area contributed by atoms with Crippen LogP contribution in [0.1, 0.15) is 19.3 Å². The second-order valence-electron chi connectivity index (χ2n) is 7.52. The van der Waals surface area contributed by atoms with Crippen LogP contribution in [0.5, 0.6) is 0 Å². The molecule has 1 unspecified atom stereocenters. The zero-order valence-corrected chi connectivity index (χ0v) is 18.0. The Morgan fingerprint density at radius 1 is 1.09 bits per heavy atom. The van der Waals surface area contributed by atoms with E-state index < -0.39 is 0 Å². The number of H-pyrrole nitrogens is 2. The first-order valence-corrected chi connectivity index (χ1v) is 10.8. The van der Waals surface area contributed by atoms with Crippen molar-refractivity contribution < 1.29 is 14.2 Å². The highest BCUT2D eigenvalue weighted by Gasteiger charge is 2.12. The first kappa shape index (κ1) is 22.2. The van der Waals surface area contributed by atoms with Crippen LogP contribution in [-0.4, -0.2) is 39.4 Å². The molecule has 0 bridgehead atoms. The fraction of sp³-hybridized carbons (Fsp3) is 0.250. The number of aliphatic hydroxyl groups is 1. The van der Waals surface area contributed by atoms with Crippen LogP contribution in [0.4, 0.5) is 4.39 Å². The average Bonchev–Trinajstić information content (AvgIpc) is 3.19. The molecule has 2 aromatic carbocycles. The van der Waals surface area contributed by atoms with Gasteiger partial charge in [-0.05, 0) is 37.0 Å². The topological polar surface area (TPSA) is 91.0 Å². The molecule has 8 heteroatoms. The summed E-state index contributed by atoms with van der Waals surface area (Å²) < 4.78 is 19.0. The van der Waals surface area contributed by atoms with Crippen LogP contribution >= 0.6 is 11.6 Å². The molecule has 3 N–H and O–H groups in total. The van der Waals surface area contributed by atoms with Crippen molar-refractivity contribution in [3.05, 3.63) is 75.9 Å². The Morgan fingerprint density at radius 2 is 1.84 bits per heavy atom. The number of benzene rings is 2. The van der Waals surface area contributed by atoms with Gasteiger partial charge < -0.3 is 14.8 Å². The van der Waals surface area contributed by atoms with Crippen molar-refractivity contribution in [1.82, 2.24) is 15.0 Å². The Balaban J connectivity index is 0.000000260. The van der Waals surface area contributed by atoms with Gasteiger partial charge in [0.25, 0.3) is 0 Å². The third-order valence-electron chi connectivity index (χ3n) is 5.28. The Morgan fingerprint density at radius 3 is 2.50 bits per heavy atom. The highest BCUT2D eigenvalue weighted by Crippen LogP contribution is 2.30. The third-order valence-corrected chi connectivity index (χ3v) is 5.57. The lowest BCUT2D eigenvalue weighted by Crippen LogP contribution is -2.22. The van der Waals surface area contributed by atoms with E-state index in [2.05, 4.69) is 15.0 Å². The molecule has 5 rings (SSSR count). The molecule has 0 spiro atoms. The van der Waals surface area contributed by atoms with Gasteiger partial charge in [-0.3, -0.25) is 4.98 Å². The van der Waals surface area contributed by atoms with Crippen molar-refractivity contribution in [2.45, 2.75) is 25.4 Å². The number of aromatic nitrogens is 3. The quantitative estimate of drug-likeness (QED) is 0.408. The number of imidazole rings is 1. The Hall–Kier alpha value is -3.00. The smallest absolute Gasteiger partial charge is 0.325 e. The van der Waals surface area contributed by atoms with Gasteiger partial charge in [-0.15, -0.1) is 0 Å². The number of halogens is 2. The molecular formula is C24H23ClFN3O3. The lowest BCUT2D eigenvalue weighted by molar-refractivity contribution is -0.0172. The molecule has 0 radical (unpaired) electrons. The fourth-order valence-corrected chi connectivity index (χ4v) is 3.86. The van der Waals surface area contributed by atoms with E-state index in [1.165, 1.54) is 12.5 Å². The first-order chi connectivity index (χ1) is 15.5. The number of hydrogen-bond acceptors (Lipinski definition) is 4. The van der Waals surface area contributed by atoms with Crippen LogP contribution in [-0.2, 0) is 4.74 Å². The van der Waals surface area contributed by atoms with Crippen molar-refractivity contribution in [1.29, 1.82) is 0 Å². The van der Waals surface area contributed by atoms with E-state index in [1.54, 1.807) is 24.3 Å². The van der Waals surface area contributed by atoms with Gasteiger partial charge >= 0.3 is 5.69 Å². The van der Waals surface area contributed by atoms with Crippen LogP contribution in [0.15, 0.2) is 59.4 Å². The number of aliphatic hydroxyl groups excluding tert-OH is 1. The number of fused-ring (bicyclic) bond motifs is 1. The molecule has 2 aromatic heterocycles. The summed E-state index contributed by atoms with van der Waals surface area (Å²) in [6, 6.07) is 15.5. The maximum Gasteiger partial charge on any atom is 0.325 e. The van der Waals surface area contributed by atoms with Gasteiger partial charge in [0.1, 0.15) is 5.82 Å². The molecule has 1 aliphatic rings. The van der Waals surface area contributed by atoms with E-state index in [9.17, 15) is 9.18 Å². The second-order valence-corrected chi connectivity index (χ2v) is 7.93. The zero-order chi connectivity index (χ0) is 22.5. The molecule has 166 valence electrons. The fourth-order valence-electron chi connectivity index (χ4n) is 3.60. The molecule has 1 atom stereocenters. The summed E-state index contributed by atoms with van der Waals surface area (Å²) in [5, 5.41) is 8.99. The molecule has 1 saturated heterocycles. The van der Waals surface area contributed by atoms with Gasteiger partial charge in [0.05, 0.1) is 28.9 Å². The molecule has 1 aliphatic heterocycles. The number of nitrogens with one attached hydrogen (secondary N) is 2. The first-order valence-electron chi connectivity index (χ1n) is 10.4. The summed E-state index contributed by atoms with van der Waals surface area (Å²) in [5.74, 6) is -0.271. The van der Waals surface area contributed by atoms with E-state index in [0.717, 1.165) is 30.6 Å². The van der Waals surface area contributed by atoms with Crippen molar-refractivity contribution in [3.8, 4) is 22.4 Å². The lowest BCUT2D eigenvalue weighted by atomic mass is 10.0. The summed E-state index contributed by atoms with van der Waals surface area (Å²) in [7, 11) is 0. The van der Waals surface area contributed by atoms with Gasteiger partial charge in [-0.25, -0.2) is 14.2 Å². The largest absolute Gasteiger partial charge is 0.394 e. The lowest BCUT2D eigenvalue weighted by Gasteiger charge is -2.19. The van der Waals surface area contributed by atoms with Crippen LogP contribution in [0.3, 0.4) is 0 Å². The predicted molar refractivity (Wildman–Crippen MR) is 123 cm³/mol. The molecule has 6 nitrogen and oxygen atoms in total.